The number of benzene rings is 1. The van der Waals surface area contributed by atoms with Crippen LogP contribution in [0.1, 0.15) is 62.1 Å². The molecule has 2 aromatic rings. The van der Waals surface area contributed by atoms with E-state index in [1.54, 1.807) is 16.2 Å². The van der Waals surface area contributed by atoms with Crippen molar-refractivity contribution in [1.29, 1.82) is 0 Å². The number of amides is 2. The number of carbonyl (C=O) groups excluding carboxylic acids is 2. The van der Waals surface area contributed by atoms with Crippen LogP contribution in [0, 0.1) is 5.92 Å². The van der Waals surface area contributed by atoms with Crippen LogP contribution in [-0.2, 0) is 20.7 Å². The first-order chi connectivity index (χ1) is 16.3. The minimum absolute atomic E-state index is 0.0166. The predicted octanol–water partition coefficient (Wildman–Crippen LogP) is 4.90. The molecule has 0 saturated carbocycles. The summed E-state index contributed by atoms with van der Waals surface area (Å²) in [7, 11) is 1.50. The second-order valence-corrected chi connectivity index (χ2v) is 10.4. The number of methoxy groups -OCH3 is 1. The Morgan fingerprint density at radius 1 is 1.18 bits per heavy atom. The molecule has 34 heavy (non-hydrogen) atoms. The first kappa shape index (κ1) is 26.2. The van der Waals surface area contributed by atoms with Gasteiger partial charge < -0.3 is 19.3 Å². The van der Waals surface area contributed by atoms with E-state index >= 15 is 0 Å². The van der Waals surface area contributed by atoms with Crippen molar-refractivity contribution < 1.29 is 19.1 Å². The highest BCUT2D eigenvalue weighted by Gasteiger charge is 2.33. The molecule has 1 aromatic carbocycles. The first-order valence-corrected chi connectivity index (χ1v) is 13.1. The molecule has 2 heterocycles. The van der Waals surface area contributed by atoms with Crippen LogP contribution in [0.25, 0.3) is 0 Å². The highest BCUT2D eigenvalue weighted by atomic mass is 32.1. The van der Waals surface area contributed by atoms with Crippen LogP contribution in [0.15, 0.2) is 35.7 Å². The number of nitrogens with zero attached hydrogens (tertiary/aromatic N) is 2. The van der Waals surface area contributed by atoms with Gasteiger partial charge in [0.1, 0.15) is 19.0 Å². The molecule has 0 saturated heterocycles. The van der Waals surface area contributed by atoms with Crippen LogP contribution in [0.4, 0.5) is 0 Å². The highest BCUT2D eigenvalue weighted by Crippen LogP contribution is 2.34. The monoisotopic (exact) mass is 486 g/mol. The molecule has 0 N–H and O–H groups in total. The van der Waals surface area contributed by atoms with Gasteiger partial charge in [-0.2, -0.15) is 0 Å². The van der Waals surface area contributed by atoms with Crippen molar-refractivity contribution >= 4 is 23.2 Å². The summed E-state index contributed by atoms with van der Waals surface area (Å²) >= 11 is 1.73. The van der Waals surface area contributed by atoms with E-state index in [1.165, 1.54) is 17.6 Å². The summed E-state index contributed by atoms with van der Waals surface area (Å²) in [6.07, 6.45) is 1.77. The standard InChI is InChI=1S/C27H38N2O4S/c1-6-20(4)15-28(27(31)18-32-5)16-26(30)29-13-11-25-23(12-14-34-25)24(29)17-33-22-9-7-21(8-10-22)19(2)3/h7-10,12,14,19-20,24H,6,11,13,15-18H2,1-5H3. The minimum atomic E-state index is -0.171. The minimum Gasteiger partial charge on any atom is -0.491 e. The fraction of sp³-hybridized carbons (Fsp3) is 0.556. The van der Waals surface area contributed by atoms with Gasteiger partial charge in [0.25, 0.3) is 0 Å². The summed E-state index contributed by atoms with van der Waals surface area (Å²) in [6.45, 7) is 10.1. The molecule has 6 nitrogen and oxygen atoms in total. The quantitative estimate of drug-likeness (QED) is 0.453. The summed E-state index contributed by atoms with van der Waals surface area (Å²) in [5, 5.41) is 2.08. The molecule has 3 rings (SSSR count). The van der Waals surface area contributed by atoms with Crippen LogP contribution in [0.2, 0.25) is 0 Å². The second kappa shape index (κ2) is 12.4. The van der Waals surface area contributed by atoms with Crippen molar-refractivity contribution in [3.8, 4) is 5.75 Å². The van der Waals surface area contributed by atoms with Crippen molar-refractivity contribution in [2.24, 2.45) is 5.92 Å². The third kappa shape index (κ3) is 6.60. The Bertz CT molecular complexity index is 940. The lowest BCUT2D eigenvalue weighted by molar-refractivity contribution is -0.145. The Balaban J connectivity index is 1.75. The van der Waals surface area contributed by atoms with Gasteiger partial charge >= 0.3 is 0 Å². The van der Waals surface area contributed by atoms with Crippen molar-refractivity contribution in [2.75, 3.05) is 40.0 Å². The lowest BCUT2D eigenvalue weighted by Gasteiger charge is -2.37. The smallest absolute Gasteiger partial charge is 0.249 e. The Morgan fingerprint density at radius 2 is 1.91 bits per heavy atom. The number of carbonyl (C=O) groups is 2. The number of thiophene rings is 1. The zero-order valence-electron chi connectivity index (χ0n) is 21.1. The molecule has 1 aliphatic rings. The van der Waals surface area contributed by atoms with E-state index in [1.807, 2.05) is 17.0 Å². The van der Waals surface area contributed by atoms with E-state index in [0.29, 0.717) is 31.5 Å². The molecule has 1 aromatic heterocycles. The van der Waals surface area contributed by atoms with Crippen molar-refractivity contribution in [1.82, 2.24) is 9.80 Å². The number of rotatable bonds is 11. The lowest BCUT2D eigenvalue weighted by Crippen LogP contribution is -2.49. The van der Waals surface area contributed by atoms with Crippen molar-refractivity contribution in [3.05, 3.63) is 51.7 Å². The topological polar surface area (TPSA) is 59.1 Å². The normalized spacial score (nSPS) is 16.3. The molecular formula is C27H38N2O4S. The molecule has 7 heteroatoms. The molecule has 0 bridgehead atoms. The van der Waals surface area contributed by atoms with Gasteiger partial charge in [0, 0.05) is 25.1 Å². The molecule has 1 aliphatic heterocycles. The Kier molecular flexibility index (Phi) is 9.54. The fourth-order valence-corrected chi connectivity index (χ4v) is 5.16. The zero-order chi connectivity index (χ0) is 24.7. The van der Waals surface area contributed by atoms with Gasteiger partial charge in [-0.1, -0.05) is 46.2 Å². The molecule has 0 fully saturated rings. The third-order valence-electron chi connectivity index (χ3n) is 6.55. The van der Waals surface area contributed by atoms with E-state index in [2.05, 4.69) is 51.3 Å². The maximum atomic E-state index is 13.5. The van der Waals surface area contributed by atoms with E-state index in [-0.39, 0.29) is 31.0 Å². The molecule has 0 aliphatic carbocycles. The summed E-state index contributed by atoms with van der Waals surface area (Å²) in [5.74, 6) is 1.38. The van der Waals surface area contributed by atoms with Gasteiger partial charge in [-0.05, 0) is 53.0 Å². The maximum Gasteiger partial charge on any atom is 0.249 e. The first-order valence-electron chi connectivity index (χ1n) is 12.2. The van der Waals surface area contributed by atoms with Crippen molar-refractivity contribution in [2.45, 2.75) is 52.5 Å². The summed E-state index contributed by atoms with van der Waals surface area (Å²) in [6, 6.07) is 10.1. The predicted molar refractivity (Wildman–Crippen MR) is 136 cm³/mol. The zero-order valence-corrected chi connectivity index (χ0v) is 21.9. The molecule has 0 spiro atoms. The number of hydrogen-bond donors (Lipinski definition) is 0. The van der Waals surface area contributed by atoms with Gasteiger partial charge in [0.2, 0.25) is 11.8 Å². The van der Waals surface area contributed by atoms with E-state index in [4.69, 9.17) is 9.47 Å². The molecular weight excluding hydrogens is 448 g/mol. The number of hydrogen-bond acceptors (Lipinski definition) is 5. The SMILES string of the molecule is CCC(C)CN(CC(=O)N1CCc2sccc2C1COc1ccc(C(C)C)cc1)C(=O)COC. The van der Waals surface area contributed by atoms with Gasteiger partial charge in [0.15, 0.2) is 0 Å². The molecule has 2 amide bonds. The largest absolute Gasteiger partial charge is 0.491 e. The van der Waals surface area contributed by atoms with Crippen LogP contribution in [0.3, 0.4) is 0 Å². The number of fused-ring (bicyclic) bond motifs is 1. The van der Waals surface area contributed by atoms with Crippen LogP contribution >= 0.6 is 11.3 Å². The number of ether oxygens (including phenoxy) is 2. The Labute approximate surface area is 207 Å². The highest BCUT2D eigenvalue weighted by molar-refractivity contribution is 7.10. The molecule has 2 atom stereocenters. The van der Waals surface area contributed by atoms with Gasteiger partial charge in [-0.3, -0.25) is 9.59 Å². The van der Waals surface area contributed by atoms with E-state index in [0.717, 1.165) is 24.2 Å². The molecule has 0 radical (unpaired) electrons. The maximum absolute atomic E-state index is 13.5. The lowest BCUT2D eigenvalue weighted by atomic mass is 10.00. The van der Waals surface area contributed by atoms with Crippen molar-refractivity contribution in [3.63, 3.8) is 0 Å². The summed E-state index contributed by atoms with van der Waals surface area (Å²) in [4.78, 5) is 31.0. The van der Waals surface area contributed by atoms with Crippen LogP contribution in [0.5, 0.6) is 5.75 Å². The Morgan fingerprint density at radius 3 is 2.56 bits per heavy atom. The summed E-state index contributed by atoms with van der Waals surface area (Å²) in [5.41, 5.74) is 2.42. The van der Waals surface area contributed by atoms with Crippen LogP contribution < -0.4 is 4.74 Å². The van der Waals surface area contributed by atoms with Gasteiger partial charge in [0.05, 0.1) is 12.6 Å². The van der Waals surface area contributed by atoms with E-state index in [9.17, 15) is 9.59 Å². The third-order valence-corrected chi connectivity index (χ3v) is 7.54. The average molecular weight is 487 g/mol. The second-order valence-electron chi connectivity index (χ2n) is 9.41. The van der Waals surface area contributed by atoms with E-state index < -0.39 is 0 Å². The van der Waals surface area contributed by atoms with Crippen LogP contribution in [-0.4, -0.2) is 61.6 Å². The Hall–Kier alpha value is -2.38. The fourth-order valence-electron chi connectivity index (χ4n) is 4.23. The molecule has 2 unspecified atom stereocenters. The average Bonchev–Trinajstić information content (AvgIpc) is 3.31. The molecule has 186 valence electrons. The van der Waals surface area contributed by atoms with Gasteiger partial charge in [-0.15, -0.1) is 11.3 Å². The summed E-state index contributed by atoms with van der Waals surface area (Å²) < 4.78 is 11.2. The van der Waals surface area contributed by atoms with Gasteiger partial charge in [-0.25, -0.2) is 0 Å².